The molecule has 0 amide bonds. The number of ether oxygens (including phenoxy) is 4. The van der Waals surface area contributed by atoms with Gasteiger partial charge in [-0.05, 0) is 53.9 Å². The molecule has 0 bridgehead atoms. The Hall–Kier alpha value is -3.48. The number of hydrogen-bond donors (Lipinski definition) is 2. The highest BCUT2D eigenvalue weighted by Gasteiger charge is 2.17. The van der Waals surface area contributed by atoms with Crippen LogP contribution in [0, 0.1) is 11.3 Å². The van der Waals surface area contributed by atoms with E-state index in [9.17, 15) is 5.26 Å². The Morgan fingerprint density at radius 2 is 1.85 bits per heavy atom. The lowest BCUT2D eigenvalue weighted by atomic mass is 10.0. The minimum absolute atomic E-state index is 0.225. The fourth-order valence-electron chi connectivity index (χ4n) is 4.65. The summed E-state index contributed by atoms with van der Waals surface area (Å²) in [6.45, 7) is 3.09. The van der Waals surface area contributed by atoms with Crippen molar-refractivity contribution in [2.24, 2.45) is 0 Å². The SMILES string of the molecule is COc1cc(Nc2c(C#N)cnc3cc4cc(OCCCC5CNCCO5)c(OC)cc4cc23)c(Cl)cc1Cl. The number of pyridine rings is 1. The number of morpholine rings is 1. The van der Waals surface area contributed by atoms with Gasteiger partial charge in [-0.25, -0.2) is 0 Å². The molecule has 1 fully saturated rings. The van der Waals surface area contributed by atoms with Gasteiger partial charge in [-0.3, -0.25) is 4.98 Å². The molecule has 1 atom stereocenters. The summed E-state index contributed by atoms with van der Waals surface area (Å²) < 4.78 is 22.9. The first kappa shape index (κ1) is 27.1. The summed E-state index contributed by atoms with van der Waals surface area (Å²) in [5.74, 6) is 1.76. The molecule has 3 aromatic carbocycles. The smallest absolute Gasteiger partial charge is 0.161 e. The second kappa shape index (κ2) is 12.1. The van der Waals surface area contributed by atoms with E-state index in [-0.39, 0.29) is 6.10 Å². The summed E-state index contributed by atoms with van der Waals surface area (Å²) in [5, 5.41) is 19.9. The van der Waals surface area contributed by atoms with E-state index in [2.05, 4.69) is 21.7 Å². The Morgan fingerprint density at radius 3 is 2.59 bits per heavy atom. The average molecular weight is 567 g/mol. The van der Waals surface area contributed by atoms with E-state index in [1.165, 1.54) is 7.11 Å². The van der Waals surface area contributed by atoms with E-state index in [0.29, 0.717) is 56.4 Å². The van der Waals surface area contributed by atoms with Crippen LogP contribution in [0.2, 0.25) is 10.0 Å². The summed E-state index contributed by atoms with van der Waals surface area (Å²) in [6, 6.07) is 13.3. The Kier molecular flexibility index (Phi) is 8.44. The predicted octanol–water partition coefficient (Wildman–Crippen LogP) is 6.47. The van der Waals surface area contributed by atoms with Crippen LogP contribution in [0.3, 0.4) is 0 Å². The van der Waals surface area contributed by atoms with Gasteiger partial charge in [0.15, 0.2) is 11.5 Å². The van der Waals surface area contributed by atoms with Crippen molar-refractivity contribution in [2.75, 3.05) is 45.8 Å². The molecule has 1 unspecified atom stereocenters. The first-order valence-corrected chi connectivity index (χ1v) is 13.4. The molecular formula is C29H28Cl2N4O4. The Balaban J connectivity index is 1.46. The van der Waals surface area contributed by atoms with Crippen LogP contribution < -0.4 is 24.8 Å². The molecule has 0 radical (unpaired) electrons. The lowest BCUT2D eigenvalue weighted by Crippen LogP contribution is -2.38. The molecule has 2 heterocycles. The number of methoxy groups -OCH3 is 2. The third kappa shape index (κ3) is 5.92. The highest BCUT2D eigenvalue weighted by Crippen LogP contribution is 2.40. The number of anilines is 2. The Morgan fingerprint density at radius 1 is 1.05 bits per heavy atom. The van der Waals surface area contributed by atoms with Crippen molar-refractivity contribution in [1.29, 1.82) is 5.26 Å². The zero-order valence-electron chi connectivity index (χ0n) is 21.6. The van der Waals surface area contributed by atoms with Crippen molar-refractivity contribution in [3.8, 4) is 23.3 Å². The molecule has 10 heteroatoms. The number of benzene rings is 3. The molecule has 39 heavy (non-hydrogen) atoms. The Bertz CT molecular complexity index is 1550. The molecule has 8 nitrogen and oxygen atoms in total. The fourth-order valence-corrected chi connectivity index (χ4v) is 5.16. The molecule has 1 aromatic heterocycles. The van der Waals surface area contributed by atoms with Gasteiger partial charge in [0.1, 0.15) is 11.8 Å². The van der Waals surface area contributed by atoms with Gasteiger partial charge in [0.05, 0.1) is 66.0 Å². The van der Waals surface area contributed by atoms with Crippen molar-refractivity contribution in [3.63, 3.8) is 0 Å². The topological polar surface area (TPSA) is 97.7 Å². The lowest BCUT2D eigenvalue weighted by Gasteiger charge is -2.23. The highest BCUT2D eigenvalue weighted by atomic mass is 35.5. The van der Waals surface area contributed by atoms with Gasteiger partial charge in [0.25, 0.3) is 0 Å². The van der Waals surface area contributed by atoms with Crippen LogP contribution in [0.25, 0.3) is 21.7 Å². The van der Waals surface area contributed by atoms with Crippen LogP contribution >= 0.6 is 23.2 Å². The van der Waals surface area contributed by atoms with Crippen molar-refractivity contribution < 1.29 is 18.9 Å². The molecular weight excluding hydrogens is 539 g/mol. The molecule has 1 saturated heterocycles. The first-order chi connectivity index (χ1) is 19.0. The summed E-state index contributed by atoms with van der Waals surface area (Å²) in [4.78, 5) is 4.54. The molecule has 4 aromatic rings. The van der Waals surface area contributed by atoms with Crippen molar-refractivity contribution in [2.45, 2.75) is 18.9 Å². The Labute approximate surface area is 236 Å². The maximum absolute atomic E-state index is 9.83. The predicted molar refractivity (Wildman–Crippen MR) is 154 cm³/mol. The normalized spacial score (nSPS) is 15.2. The summed E-state index contributed by atoms with van der Waals surface area (Å²) >= 11 is 12.7. The fraction of sp³-hybridized carbons (Fsp3) is 0.310. The third-order valence-electron chi connectivity index (χ3n) is 6.66. The minimum atomic E-state index is 0.225. The lowest BCUT2D eigenvalue weighted by molar-refractivity contribution is 0.0203. The zero-order chi connectivity index (χ0) is 27.4. The van der Waals surface area contributed by atoms with Gasteiger partial charge in [-0.1, -0.05) is 23.2 Å². The van der Waals surface area contributed by atoms with Crippen LogP contribution in [0.5, 0.6) is 17.2 Å². The molecule has 0 spiro atoms. The van der Waals surface area contributed by atoms with Gasteiger partial charge < -0.3 is 29.6 Å². The molecule has 202 valence electrons. The number of nitrogens with zero attached hydrogens (tertiary/aromatic N) is 2. The largest absolute Gasteiger partial charge is 0.495 e. The minimum Gasteiger partial charge on any atom is -0.495 e. The molecule has 2 N–H and O–H groups in total. The van der Waals surface area contributed by atoms with Crippen LogP contribution in [0.1, 0.15) is 18.4 Å². The van der Waals surface area contributed by atoms with Crippen LogP contribution in [-0.4, -0.2) is 51.6 Å². The monoisotopic (exact) mass is 566 g/mol. The molecule has 0 saturated carbocycles. The van der Waals surface area contributed by atoms with Crippen molar-refractivity contribution in [3.05, 3.63) is 58.2 Å². The van der Waals surface area contributed by atoms with E-state index in [4.69, 9.17) is 42.1 Å². The van der Waals surface area contributed by atoms with Crippen LogP contribution in [-0.2, 0) is 4.74 Å². The van der Waals surface area contributed by atoms with Gasteiger partial charge >= 0.3 is 0 Å². The number of nitrogens with one attached hydrogen (secondary N) is 2. The van der Waals surface area contributed by atoms with Crippen molar-refractivity contribution in [1.82, 2.24) is 10.3 Å². The number of rotatable bonds is 9. The van der Waals surface area contributed by atoms with E-state index in [1.807, 2.05) is 24.3 Å². The van der Waals surface area contributed by atoms with Gasteiger partial charge in [-0.2, -0.15) is 5.26 Å². The first-order valence-electron chi connectivity index (χ1n) is 12.6. The summed E-state index contributed by atoms with van der Waals surface area (Å²) in [7, 11) is 3.15. The second-order valence-electron chi connectivity index (χ2n) is 9.16. The third-order valence-corrected chi connectivity index (χ3v) is 7.27. The number of halogens is 2. The standard InChI is InChI=1S/C29H28Cl2N4O4/c1-36-26-13-25(22(30)12-23(26)31)35-29-19(14-32)15-34-24-9-18-11-28(27(37-2)10-17(18)8-21(24)29)39-6-3-4-20-16-33-5-7-38-20/h8-13,15,20,33H,3-7,16H2,1-2H3,(H,34,35). The summed E-state index contributed by atoms with van der Waals surface area (Å²) in [5.41, 5.74) is 2.21. The van der Waals surface area contributed by atoms with E-state index in [1.54, 1.807) is 25.4 Å². The molecule has 1 aliphatic rings. The van der Waals surface area contributed by atoms with Gasteiger partial charge in [0.2, 0.25) is 0 Å². The number of hydrogen-bond acceptors (Lipinski definition) is 8. The van der Waals surface area contributed by atoms with Crippen LogP contribution in [0.15, 0.2) is 42.6 Å². The quantitative estimate of drug-likeness (QED) is 0.175. The molecule has 1 aliphatic heterocycles. The van der Waals surface area contributed by atoms with E-state index < -0.39 is 0 Å². The average Bonchev–Trinajstić information content (AvgIpc) is 2.96. The van der Waals surface area contributed by atoms with Crippen molar-refractivity contribution >= 4 is 56.3 Å². The van der Waals surface area contributed by atoms with Gasteiger partial charge in [0, 0.05) is 30.7 Å². The maximum Gasteiger partial charge on any atom is 0.161 e. The van der Waals surface area contributed by atoms with Crippen LogP contribution in [0.4, 0.5) is 11.4 Å². The molecule has 0 aliphatic carbocycles. The number of fused-ring (bicyclic) bond motifs is 2. The second-order valence-corrected chi connectivity index (χ2v) is 9.97. The number of nitriles is 1. The molecule has 5 rings (SSSR count). The maximum atomic E-state index is 9.83. The van der Waals surface area contributed by atoms with E-state index >= 15 is 0 Å². The zero-order valence-corrected chi connectivity index (χ0v) is 23.2. The summed E-state index contributed by atoms with van der Waals surface area (Å²) in [6.07, 6.45) is 3.57. The van der Waals surface area contributed by atoms with Gasteiger partial charge in [-0.15, -0.1) is 0 Å². The highest BCUT2D eigenvalue weighted by molar-refractivity contribution is 6.37. The number of aromatic nitrogens is 1. The van der Waals surface area contributed by atoms with E-state index in [0.717, 1.165) is 48.7 Å².